The van der Waals surface area contributed by atoms with Gasteiger partial charge in [-0.15, -0.1) is 0 Å². The lowest BCUT2D eigenvalue weighted by Gasteiger charge is -2.10. The minimum Gasteiger partial charge on any atom is -0.305 e. The molecular formula is C11H12F2N. The molecule has 1 saturated heterocycles. The van der Waals surface area contributed by atoms with Crippen molar-refractivity contribution in [3.8, 4) is 0 Å². The highest BCUT2D eigenvalue weighted by Gasteiger charge is 2.22. The molecule has 1 atom stereocenters. The minimum atomic E-state index is -0.497. The Morgan fingerprint density at radius 3 is 2.36 bits per heavy atom. The van der Waals surface area contributed by atoms with Crippen LogP contribution in [0.25, 0.3) is 0 Å². The van der Waals surface area contributed by atoms with E-state index in [9.17, 15) is 8.78 Å². The highest BCUT2D eigenvalue weighted by molar-refractivity contribution is 5.26. The summed E-state index contributed by atoms with van der Waals surface area (Å²) in [6.45, 7) is 1.71. The molecule has 0 aromatic heterocycles. The summed E-state index contributed by atoms with van der Waals surface area (Å²) in [7, 11) is 1.99. The summed E-state index contributed by atoms with van der Waals surface area (Å²) in [5.74, 6) is -0.837. The molecule has 1 nitrogen and oxygen atoms in total. The minimum absolute atomic E-state index is 0.158. The number of hydrogen-bond donors (Lipinski definition) is 0. The molecule has 1 aromatic rings. The first-order chi connectivity index (χ1) is 6.65. The van der Waals surface area contributed by atoms with Gasteiger partial charge in [0.05, 0.1) is 0 Å². The van der Waals surface area contributed by atoms with Crippen LogP contribution in [0.5, 0.6) is 0 Å². The van der Waals surface area contributed by atoms with Crippen molar-refractivity contribution in [1.82, 2.24) is 4.90 Å². The quantitative estimate of drug-likeness (QED) is 0.665. The van der Waals surface area contributed by atoms with Gasteiger partial charge in [-0.05, 0) is 31.2 Å². The summed E-state index contributed by atoms with van der Waals surface area (Å²) in [5, 5.41) is 0. The molecule has 1 aromatic carbocycles. The maximum absolute atomic E-state index is 12.9. The standard InChI is InChI=1S/C11H12F2N/c1-14-3-2-8(7-14)9-4-10(12)6-11(13)5-9/h2,4-6,8H,3,7H2,1H3. The van der Waals surface area contributed by atoms with Crippen LogP contribution < -0.4 is 0 Å². The van der Waals surface area contributed by atoms with Gasteiger partial charge >= 0.3 is 0 Å². The second-order valence-corrected chi connectivity index (χ2v) is 3.77. The predicted octanol–water partition coefficient (Wildman–Crippen LogP) is 2.20. The maximum atomic E-state index is 12.9. The molecule has 1 unspecified atom stereocenters. The maximum Gasteiger partial charge on any atom is 0.126 e. The molecule has 1 fully saturated rings. The Kier molecular flexibility index (Phi) is 2.50. The van der Waals surface area contributed by atoms with Crippen molar-refractivity contribution in [2.24, 2.45) is 0 Å². The largest absolute Gasteiger partial charge is 0.305 e. The van der Waals surface area contributed by atoms with Crippen LogP contribution in [0.4, 0.5) is 8.78 Å². The summed E-state index contributed by atoms with van der Waals surface area (Å²) < 4.78 is 25.8. The van der Waals surface area contributed by atoms with Crippen LogP contribution in [0.15, 0.2) is 18.2 Å². The lowest BCUT2D eigenvalue weighted by molar-refractivity contribution is 0.414. The van der Waals surface area contributed by atoms with Gasteiger partial charge in [-0.3, -0.25) is 0 Å². The van der Waals surface area contributed by atoms with Crippen LogP contribution in [-0.2, 0) is 0 Å². The molecule has 0 bridgehead atoms. The van der Waals surface area contributed by atoms with Crippen LogP contribution in [0, 0.1) is 18.1 Å². The third-order valence-corrected chi connectivity index (χ3v) is 2.52. The monoisotopic (exact) mass is 196 g/mol. The van der Waals surface area contributed by atoms with Crippen molar-refractivity contribution in [3.63, 3.8) is 0 Å². The second-order valence-electron chi connectivity index (χ2n) is 3.77. The van der Waals surface area contributed by atoms with Gasteiger partial charge in [0.1, 0.15) is 11.6 Å². The van der Waals surface area contributed by atoms with Crippen LogP contribution in [0.2, 0.25) is 0 Å². The van der Waals surface area contributed by atoms with E-state index >= 15 is 0 Å². The fraction of sp³-hybridized carbons (Fsp3) is 0.364. The molecule has 1 heterocycles. The summed E-state index contributed by atoms with van der Waals surface area (Å²) in [4.78, 5) is 2.12. The fourth-order valence-corrected chi connectivity index (χ4v) is 1.82. The van der Waals surface area contributed by atoms with Gasteiger partial charge in [0.15, 0.2) is 0 Å². The molecule has 14 heavy (non-hydrogen) atoms. The third kappa shape index (κ3) is 1.93. The van der Waals surface area contributed by atoms with E-state index in [1.54, 1.807) is 0 Å². The van der Waals surface area contributed by atoms with Crippen LogP contribution in [0.1, 0.15) is 11.5 Å². The van der Waals surface area contributed by atoms with E-state index in [4.69, 9.17) is 0 Å². The molecule has 1 radical (unpaired) electrons. The predicted molar refractivity (Wildman–Crippen MR) is 50.9 cm³/mol. The number of rotatable bonds is 1. The van der Waals surface area contributed by atoms with E-state index in [1.165, 1.54) is 12.1 Å². The van der Waals surface area contributed by atoms with Crippen molar-refractivity contribution in [2.75, 3.05) is 20.1 Å². The molecule has 0 saturated carbocycles. The van der Waals surface area contributed by atoms with Gasteiger partial charge < -0.3 is 4.90 Å². The lowest BCUT2D eigenvalue weighted by Crippen LogP contribution is -2.13. The Hall–Kier alpha value is -0.960. The first-order valence-corrected chi connectivity index (χ1v) is 4.63. The average Bonchev–Trinajstić information content (AvgIpc) is 2.50. The average molecular weight is 196 g/mol. The first kappa shape index (κ1) is 9.59. The van der Waals surface area contributed by atoms with Crippen molar-refractivity contribution < 1.29 is 8.78 Å². The Morgan fingerprint density at radius 2 is 1.86 bits per heavy atom. The lowest BCUT2D eigenvalue weighted by atomic mass is 9.98. The Balaban J connectivity index is 2.23. The molecule has 1 aliphatic heterocycles. The molecule has 2 rings (SSSR count). The Bertz CT molecular complexity index is 318. The van der Waals surface area contributed by atoms with Crippen molar-refractivity contribution in [3.05, 3.63) is 41.8 Å². The number of halogens is 2. The first-order valence-electron chi connectivity index (χ1n) is 4.63. The number of likely N-dealkylation sites (N-methyl/N-ethyl adjacent to an activating group) is 1. The summed E-state index contributed by atoms with van der Waals surface area (Å²) in [5.41, 5.74) is 0.729. The van der Waals surface area contributed by atoms with E-state index in [0.717, 1.165) is 24.7 Å². The summed E-state index contributed by atoms with van der Waals surface area (Å²) >= 11 is 0. The highest BCUT2D eigenvalue weighted by Crippen LogP contribution is 2.26. The molecule has 3 heteroatoms. The second kappa shape index (κ2) is 3.65. The third-order valence-electron chi connectivity index (χ3n) is 2.52. The Morgan fingerprint density at radius 1 is 1.21 bits per heavy atom. The molecule has 0 spiro atoms. The Labute approximate surface area is 82.3 Å². The van der Waals surface area contributed by atoms with Crippen molar-refractivity contribution in [1.29, 1.82) is 0 Å². The van der Waals surface area contributed by atoms with Gasteiger partial charge in [-0.2, -0.15) is 0 Å². The van der Waals surface area contributed by atoms with Crippen LogP contribution >= 0.6 is 0 Å². The smallest absolute Gasteiger partial charge is 0.126 e. The zero-order valence-corrected chi connectivity index (χ0v) is 8.00. The van der Waals surface area contributed by atoms with Crippen molar-refractivity contribution in [2.45, 2.75) is 5.92 Å². The topological polar surface area (TPSA) is 3.24 Å². The molecule has 75 valence electrons. The van der Waals surface area contributed by atoms with Gasteiger partial charge in [-0.1, -0.05) is 0 Å². The molecule has 1 aliphatic rings. The normalized spacial score (nSPS) is 22.9. The van der Waals surface area contributed by atoms with Gasteiger partial charge in [0, 0.05) is 25.1 Å². The number of benzene rings is 1. The molecule has 0 N–H and O–H groups in total. The van der Waals surface area contributed by atoms with Gasteiger partial charge in [0.25, 0.3) is 0 Å². The zero-order chi connectivity index (χ0) is 10.1. The van der Waals surface area contributed by atoms with E-state index in [-0.39, 0.29) is 5.92 Å². The van der Waals surface area contributed by atoms with Gasteiger partial charge in [-0.25, -0.2) is 8.78 Å². The SMILES string of the molecule is CN1C[CH]C(c2cc(F)cc(F)c2)C1. The summed E-state index contributed by atoms with van der Waals surface area (Å²) in [6.07, 6.45) is 2.08. The van der Waals surface area contributed by atoms with Gasteiger partial charge in [0.2, 0.25) is 0 Å². The van der Waals surface area contributed by atoms with Crippen LogP contribution in [0.3, 0.4) is 0 Å². The summed E-state index contributed by atoms with van der Waals surface area (Å²) in [6, 6.07) is 3.72. The molecule has 0 aliphatic carbocycles. The molecular weight excluding hydrogens is 184 g/mol. The fourth-order valence-electron chi connectivity index (χ4n) is 1.82. The zero-order valence-electron chi connectivity index (χ0n) is 8.00. The number of likely N-dealkylation sites (tertiary alicyclic amines) is 1. The number of hydrogen-bond acceptors (Lipinski definition) is 1. The van der Waals surface area contributed by atoms with E-state index in [0.29, 0.717) is 0 Å². The molecule has 0 amide bonds. The highest BCUT2D eigenvalue weighted by atomic mass is 19.1. The van der Waals surface area contributed by atoms with E-state index in [2.05, 4.69) is 11.3 Å². The van der Waals surface area contributed by atoms with Crippen LogP contribution in [-0.4, -0.2) is 25.0 Å². The van der Waals surface area contributed by atoms with E-state index in [1.807, 2.05) is 7.05 Å². The number of nitrogens with zero attached hydrogens (tertiary/aromatic N) is 1. The van der Waals surface area contributed by atoms with E-state index < -0.39 is 11.6 Å². The van der Waals surface area contributed by atoms with Crippen molar-refractivity contribution >= 4 is 0 Å².